The maximum atomic E-state index is 5.52. The predicted molar refractivity (Wildman–Crippen MR) is 118 cm³/mol. The van der Waals surface area contributed by atoms with Gasteiger partial charge >= 0.3 is 0 Å². The summed E-state index contributed by atoms with van der Waals surface area (Å²) in [5.74, 6) is 2.21. The van der Waals surface area contributed by atoms with E-state index in [0.29, 0.717) is 12.1 Å². The van der Waals surface area contributed by atoms with E-state index in [1.165, 1.54) is 57.6 Å². The summed E-state index contributed by atoms with van der Waals surface area (Å²) in [6, 6.07) is 2.14. The van der Waals surface area contributed by atoms with Crippen molar-refractivity contribution in [3.8, 4) is 0 Å². The number of nitrogens with zero attached hydrogens (tertiary/aromatic N) is 3. The zero-order valence-electron chi connectivity index (χ0n) is 18.2. The molecule has 0 N–H and O–H groups in total. The first-order valence-corrected chi connectivity index (χ1v) is 12.5. The van der Waals surface area contributed by atoms with Crippen LogP contribution in [0, 0.1) is 5.92 Å². The second-order valence-electron chi connectivity index (χ2n) is 9.40. The number of hydrogen-bond donors (Lipinski definition) is 0. The standard InChI is InChI=1S/C22H43N3OS/c1-18(2)24-7-5-6-21(16-24)14-19(3)25-10-13-27-22(17-25)15-20(4)23-8-11-26-12-9-23/h18-22H,5-17H2,1-4H3. The molecule has 158 valence electrons. The van der Waals surface area contributed by atoms with Crippen LogP contribution in [0.25, 0.3) is 0 Å². The normalized spacial score (nSPS) is 31.9. The Morgan fingerprint density at radius 1 is 0.852 bits per heavy atom. The van der Waals surface area contributed by atoms with Gasteiger partial charge in [0.25, 0.3) is 0 Å². The minimum atomic E-state index is 0.694. The summed E-state index contributed by atoms with van der Waals surface area (Å²) in [4.78, 5) is 8.14. The van der Waals surface area contributed by atoms with Gasteiger partial charge in [-0.2, -0.15) is 11.8 Å². The Morgan fingerprint density at radius 3 is 2.33 bits per heavy atom. The van der Waals surface area contributed by atoms with Crippen LogP contribution in [0.5, 0.6) is 0 Å². The topological polar surface area (TPSA) is 19.0 Å². The minimum Gasteiger partial charge on any atom is -0.379 e. The fraction of sp³-hybridized carbons (Fsp3) is 1.00. The lowest BCUT2D eigenvalue weighted by Gasteiger charge is -2.42. The first-order valence-electron chi connectivity index (χ1n) is 11.4. The number of morpholine rings is 1. The average Bonchev–Trinajstić information content (AvgIpc) is 2.69. The Kier molecular flexibility index (Phi) is 8.77. The summed E-state index contributed by atoms with van der Waals surface area (Å²) < 4.78 is 5.52. The van der Waals surface area contributed by atoms with Crippen LogP contribution in [0.1, 0.15) is 53.4 Å². The van der Waals surface area contributed by atoms with Crippen molar-refractivity contribution in [2.45, 2.75) is 76.8 Å². The summed E-state index contributed by atoms with van der Waals surface area (Å²) in [5, 5.41) is 0.803. The van der Waals surface area contributed by atoms with Gasteiger partial charge in [-0.3, -0.25) is 9.80 Å². The molecule has 0 amide bonds. The van der Waals surface area contributed by atoms with Gasteiger partial charge in [0.15, 0.2) is 0 Å². The van der Waals surface area contributed by atoms with Crippen LogP contribution in [-0.4, -0.2) is 96.3 Å². The smallest absolute Gasteiger partial charge is 0.0594 e. The Morgan fingerprint density at radius 2 is 1.59 bits per heavy atom. The lowest BCUT2D eigenvalue weighted by molar-refractivity contribution is 0.0177. The summed E-state index contributed by atoms with van der Waals surface area (Å²) in [6.07, 6.45) is 5.55. The van der Waals surface area contributed by atoms with Gasteiger partial charge in [-0.25, -0.2) is 0 Å². The Bertz CT molecular complexity index is 430. The number of hydrogen-bond acceptors (Lipinski definition) is 5. The molecule has 3 aliphatic rings. The maximum absolute atomic E-state index is 5.52. The third-order valence-corrected chi connectivity index (χ3v) is 8.25. The highest BCUT2D eigenvalue weighted by atomic mass is 32.2. The molecular formula is C22H43N3OS. The second-order valence-corrected chi connectivity index (χ2v) is 10.8. The second kappa shape index (κ2) is 10.8. The molecule has 0 aromatic rings. The van der Waals surface area contributed by atoms with E-state index in [4.69, 9.17) is 4.74 Å². The summed E-state index contributed by atoms with van der Waals surface area (Å²) in [7, 11) is 0. The van der Waals surface area contributed by atoms with Gasteiger partial charge in [0.2, 0.25) is 0 Å². The van der Waals surface area contributed by atoms with Crippen LogP contribution >= 0.6 is 11.8 Å². The number of piperidine rings is 1. The molecule has 0 saturated carbocycles. The Labute approximate surface area is 172 Å². The van der Waals surface area contributed by atoms with Crippen molar-refractivity contribution >= 4 is 11.8 Å². The van der Waals surface area contributed by atoms with Gasteiger partial charge in [-0.05, 0) is 65.8 Å². The van der Waals surface area contributed by atoms with Crippen molar-refractivity contribution in [1.29, 1.82) is 0 Å². The molecule has 0 spiro atoms. The highest BCUT2D eigenvalue weighted by molar-refractivity contribution is 8.00. The monoisotopic (exact) mass is 397 g/mol. The minimum absolute atomic E-state index is 0.694. The van der Waals surface area contributed by atoms with E-state index in [2.05, 4.69) is 54.2 Å². The van der Waals surface area contributed by atoms with Crippen molar-refractivity contribution in [1.82, 2.24) is 14.7 Å². The van der Waals surface area contributed by atoms with Gasteiger partial charge in [0.1, 0.15) is 0 Å². The lowest BCUT2D eigenvalue weighted by Crippen LogP contribution is -2.48. The third-order valence-electron chi connectivity index (χ3n) is 7.02. The van der Waals surface area contributed by atoms with E-state index in [-0.39, 0.29) is 0 Å². The molecule has 3 aliphatic heterocycles. The highest BCUT2D eigenvalue weighted by Gasteiger charge is 2.30. The van der Waals surface area contributed by atoms with Crippen LogP contribution in [0.15, 0.2) is 0 Å². The van der Waals surface area contributed by atoms with Gasteiger partial charge in [-0.15, -0.1) is 0 Å². The fourth-order valence-corrected chi connectivity index (χ4v) is 6.61. The Hall–Kier alpha value is 0.190. The maximum Gasteiger partial charge on any atom is 0.0594 e. The first-order chi connectivity index (χ1) is 13.0. The molecule has 27 heavy (non-hydrogen) atoms. The third kappa shape index (κ3) is 6.60. The molecule has 0 aromatic heterocycles. The summed E-state index contributed by atoms with van der Waals surface area (Å²) in [5.41, 5.74) is 0. The largest absolute Gasteiger partial charge is 0.379 e. The van der Waals surface area contributed by atoms with E-state index in [1.54, 1.807) is 0 Å². The van der Waals surface area contributed by atoms with Crippen molar-refractivity contribution in [3.63, 3.8) is 0 Å². The van der Waals surface area contributed by atoms with E-state index in [9.17, 15) is 0 Å². The van der Waals surface area contributed by atoms with Crippen LogP contribution in [-0.2, 0) is 4.74 Å². The summed E-state index contributed by atoms with van der Waals surface area (Å²) >= 11 is 2.22. The molecule has 4 nitrogen and oxygen atoms in total. The van der Waals surface area contributed by atoms with Gasteiger partial charge < -0.3 is 9.64 Å². The molecule has 3 heterocycles. The van der Waals surface area contributed by atoms with Crippen molar-refractivity contribution in [3.05, 3.63) is 0 Å². The lowest BCUT2D eigenvalue weighted by atomic mass is 9.90. The van der Waals surface area contributed by atoms with E-state index >= 15 is 0 Å². The molecule has 3 fully saturated rings. The molecule has 0 aliphatic carbocycles. The molecular weight excluding hydrogens is 354 g/mol. The van der Waals surface area contributed by atoms with E-state index < -0.39 is 0 Å². The molecule has 0 bridgehead atoms. The number of ether oxygens (including phenoxy) is 1. The first kappa shape index (κ1) is 21.9. The quantitative estimate of drug-likeness (QED) is 0.653. The molecule has 5 heteroatoms. The zero-order chi connectivity index (χ0) is 19.2. The number of rotatable bonds is 7. The molecule has 0 radical (unpaired) electrons. The van der Waals surface area contributed by atoms with Gasteiger partial charge in [0, 0.05) is 61.9 Å². The van der Waals surface area contributed by atoms with Crippen LogP contribution < -0.4 is 0 Å². The molecule has 3 saturated heterocycles. The van der Waals surface area contributed by atoms with E-state index in [0.717, 1.165) is 43.5 Å². The molecule has 4 unspecified atom stereocenters. The SMILES string of the molecule is CC(C)N1CCCC(CC(C)N2CCSC(CC(C)N3CCOCC3)C2)C1. The predicted octanol–water partition coefficient (Wildman–Crippen LogP) is 3.41. The molecule has 0 aromatic carbocycles. The zero-order valence-corrected chi connectivity index (χ0v) is 19.1. The molecule has 3 rings (SSSR count). The Balaban J connectivity index is 1.44. The average molecular weight is 398 g/mol. The van der Waals surface area contributed by atoms with Crippen molar-refractivity contribution in [2.24, 2.45) is 5.92 Å². The number of likely N-dealkylation sites (tertiary alicyclic amines) is 1. The summed E-state index contributed by atoms with van der Waals surface area (Å²) in [6.45, 7) is 18.9. The van der Waals surface area contributed by atoms with Crippen LogP contribution in [0.3, 0.4) is 0 Å². The number of thioether (sulfide) groups is 1. The highest BCUT2D eigenvalue weighted by Crippen LogP contribution is 2.29. The van der Waals surface area contributed by atoms with Crippen LogP contribution in [0.2, 0.25) is 0 Å². The van der Waals surface area contributed by atoms with E-state index in [1.807, 2.05) is 0 Å². The fourth-order valence-electron chi connectivity index (χ4n) is 5.22. The van der Waals surface area contributed by atoms with Crippen LogP contribution in [0.4, 0.5) is 0 Å². The van der Waals surface area contributed by atoms with Crippen molar-refractivity contribution in [2.75, 3.05) is 58.2 Å². The van der Waals surface area contributed by atoms with Crippen molar-refractivity contribution < 1.29 is 4.74 Å². The molecule has 4 atom stereocenters. The van der Waals surface area contributed by atoms with Gasteiger partial charge in [-0.1, -0.05) is 0 Å². The van der Waals surface area contributed by atoms with Gasteiger partial charge in [0.05, 0.1) is 13.2 Å².